The molecule has 0 N–H and O–H groups in total. The number of carbonyl (C=O) groups excluding carboxylic acids is 2. The topological polar surface area (TPSA) is 52.6 Å². The molecule has 0 saturated carbocycles. The van der Waals surface area contributed by atoms with Crippen LogP contribution in [0.3, 0.4) is 0 Å². The zero-order chi connectivity index (χ0) is 19.7. The lowest BCUT2D eigenvalue weighted by Crippen LogP contribution is -2.33. The first-order valence-corrected chi connectivity index (χ1v) is 11.2. The zero-order valence-electron chi connectivity index (χ0n) is 17.5. The van der Waals surface area contributed by atoms with E-state index < -0.39 is 0 Å². The summed E-state index contributed by atoms with van der Waals surface area (Å²) >= 11 is 0. The molecule has 2 atom stereocenters. The van der Waals surface area contributed by atoms with Gasteiger partial charge < -0.3 is 9.47 Å². The van der Waals surface area contributed by atoms with Crippen LogP contribution in [-0.4, -0.2) is 25.2 Å². The van der Waals surface area contributed by atoms with Gasteiger partial charge in [-0.15, -0.1) is 0 Å². The highest BCUT2D eigenvalue weighted by molar-refractivity contribution is 5.82. The van der Waals surface area contributed by atoms with Gasteiger partial charge in [0.05, 0.1) is 25.0 Å². The Morgan fingerprint density at radius 3 is 1.63 bits per heavy atom. The summed E-state index contributed by atoms with van der Waals surface area (Å²) in [5.41, 5.74) is 0. The van der Waals surface area contributed by atoms with E-state index in [0.717, 1.165) is 12.8 Å². The van der Waals surface area contributed by atoms with Gasteiger partial charge in [0, 0.05) is 0 Å². The average molecular weight is 381 g/mol. The molecule has 0 radical (unpaired) electrons. The summed E-state index contributed by atoms with van der Waals surface area (Å²) in [6.45, 7) is 4.85. The van der Waals surface area contributed by atoms with E-state index in [1.165, 1.54) is 57.8 Å². The Morgan fingerprint density at radius 2 is 1.15 bits per heavy atom. The third-order valence-electron chi connectivity index (χ3n) is 5.32. The average Bonchev–Trinajstić information content (AvgIpc) is 2.69. The molecular formula is C23H40O4. The molecule has 156 valence electrons. The van der Waals surface area contributed by atoms with Crippen molar-refractivity contribution in [3.05, 3.63) is 12.2 Å². The summed E-state index contributed by atoms with van der Waals surface area (Å²) in [6.07, 6.45) is 19.1. The van der Waals surface area contributed by atoms with Gasteiger partial charge in [-0.05, 0) is 26.2 Å². The number of ether oxygens (including phenoxy) is 2. The van der Waals surface area contributed by atoms with E-state index in [9.17, 15) is 9.59 Å². The Labute approximate surface area is 166 Å². The Kier molecular flexibility index (Phi) is 13.8. The third kappa shape index (κ3) is 10.6. The molecule has 0 aromatic heterocycles. The van der Waals surface area contributed by atoms with Crippen LogP contribution in [0.5, 0.6) is 0 Å². The number of hydrogen-bond acceptors (Lipinski definition) is 4. The van der Waals surface area contributed by atoms with Crippen LogP contribution in [0.25, 0.3) is 0 Å². The van der Waals surface area contributed by atoms with Gasteiger partial charge >= 0.3 is 11.9 Å². The maximum Gasteiger partial charge on any atom is 0.310 e. The first-order valence-electron chi connectivity index (χ1n) is 11.2. The van der Waals surface area contributed by atoms with Crippen molar-refractivity contribution in [3.8, 4) is 0 Å². The van der Waals surface area contributed by atoms with E-state index in [4.69, 9.17) is 9.47 Å². The number of rotatable bonds is 15. The molecule has 4 nitrogen and oxygen atoms in total. The molecule has 0 aliphatic heterocycles. The first-order chi connectivity index (χ1) is 13.2. The fourth-order valence-electron chi connectivity index (χ4n) is 3.63. The maximum absolute atomic E-state index is 12.3. The fraction of sp³-hybridized carbons (Fsp3) is 0.826. The predicted molar refractivity (Wildman–Crippen MR) is 109 cm³/mol. The predicted octanol–water partition coefficient (Wildman–Crippen LogP) is 5.99. The number of esters is 2. The first kappa shape index (κ1) is 23.7. The molecule has 1 rings (SSSR count). The largest absolute Gasteiger partial charge is 0.466 e. The minimum absolute atomic E-state index is 0.246. The van der Waals surface area contributed by atoms with Gasteiger partial charge in [-0.1, -0.05) is 83.3 Å². The standard InChI is InChI=1S/C23H40O4/c1-3-5-6-7-8-9-10-11-12-13-16-19-27-23(25)21-18-15-14-17-20(21)22(24)26-4-2/h14-15,20-21H,3-13,16-19H2,1-2H3. The highest BCUT2D eigenvalue weighted by Crippen LogP contribution is 2.28. The molecule has 0 amide bonds. The monoisotopic (exact) mass is 380 g/mol. The van der Waals surface area contributed by atoms with Crippen LogP contribution < -0.4 is 0 Å². The van der Waals surface area contributed by atoms with Gasteiger partial charge in [0.1, 0.15) is 0 Å². The second kappa shape index (κ2) is 15.7. The van der Waals surface area contributed by atoms with E-state index >= 15 is 0 Å². The lowest BCUT2D eigenvalue weighted by Gasteiger charge is -2.25. The molecular weight excluding hydrogens is 340 g/mol. The molecule has 0 aromatic carbocycles. The molecule has 0 aromatic rings. The lowest BCUT2D eigenvalue weighted by molar-refractivity contribution is -0.160. The molecule has 0 bridgehead atoms. The molecule has 0 heterocycles. The van der Waals surface area contributed by atoms with Gasteiger partial charge in [0.25, 0.3) is 0 Å². The second-order valence-electron chi connectivity index (χ2n) is 7.61. The summed E-state index contributed by atoms with van der Waals surface area (Å²) in [4.78, 5) is 24.4. The van der Waals surface area contributed by atoms with Crippen molar-refractivity contribution in [1.29, 1.82) is 0 Å². The van der Waals surface area contributed by atoms with Crippen molar-refractivity contribution in [2.45, 2.75) is 97.3 Å². The van der Waals surface area contributed by atoms with E-state index in [1.807, 2.05) is 12.2 Å². The van der Waals surface area contributed by atoms with Gasteiger partial charge in [0.2, 0.25) is 0 Å². The number of carbonyl (C=O) groups is 2. The smallest absolute Gasteiger partial charge is 0.310 e. The minimum Gasteiger partial charge on any atom is -0.466 e. The number of hydrogen-bond donors (Lipinski definition) is 0. The van der Waals surface area contributed by atoms with E-state index in [1.54, 1.807) is 6.92 Å². The maximum atomic E-state index is 12.3. The Balaban J connectivity index is 2.06. The van der Waals surface area contributed by atoms with Crippen LogP contribution in [0.4, 0.5) is 0 Å². The van der Waals surface area contributed by atoms with E-state index in [-0.39, 0.29) is 23.8 Å². The summed E-state index contributed by atoms with van der Waals surface area (Å²) < 4.78 is 10.5. The normalized spacial score (nSPS) is 19.0. The van der Waals surface area contributed by atoms with Crippen LogP contribution in [0, 0.1) is 11.8 Å². The Bertz CT molecular complexity index is 430. The zero-order valence-corrected chi connectivity index (χ0v) is 17.5. The van der Waals surface area contributed by atoms with Gasteiger partial charge in [-0.3, -0.25) is 9.59 Å². The van der Waals surface area contributed by atoms with E-state index in [0.29, 0.717) is 26.1 Å². The Hall–Kier alpha value is -1.32. The van der Waals surface area contributed by atoms with Crippen molar-refractivity contribution < 1.29 is 19.1 Å². The summed E-state index contributed by atoms with van der Waals surface area (Å²) in [5, 5.41) is 0. The molecule has 0 fully saturated rings. The highest BCUT2D eigenvalue weighted by Gasteiger charge is 2.36. The minimum atomic E-state index is -0.389. The fourth-order valence-corrected chi connectivity index (χ4v) is 3.63. The summed E-state index contributed by atoms with van der Waals surface area (Å²) in [5.74, 6) is -1.30. The van der Waals surface area contributed by atoms with Gasteiger partial charge in [0.15, 0.2) is 0 Å². The van der Waals surface area contributed by atoms with Gasteiger partial charge in [-0.2, -0.15) is 0 Å². The van der Waals surface area contributed by atoms with E-state index in [2.05, 4.69) is 6.92 Å². The van der Waals surface area contributed by atoms with Gasteiger partial charge in [-0.25, -0.2) is 0 Å². The molecule has 1 aliphatic rings. The summed E-state index contributed by atoms with van der Waals surface area (Å²) in [6, 6.07) is 0. The van der Waals surface area contributed by atoms with Crippen LogP contribution in [0.15, 0.2) is 12.2 Å². The van der Waals surface area contributed by atoms with Crippen LogP contribution in [0.2, 0.25) is 0 Å². The van der Waals surface area contributed by atoms with Crippen LogP contribution in [0.1, 0.15) is 97.3 Å². The van der Waals surface area contributed by atoms with Crippen molar-refractivity contribution >= 4 is 11.9 Å². The number of allylic oxidation sites excluding steroid dienone is 2. The van der Waals surface area contributed by atoms with Crippen molar-refractivity contribution in [1.82, 2.24) is 0 Å². The molecule has 0 saturated heterocycles. The lowest BCUT2D eigenvalue weighted by atomic mass is 9.83. The quantitative estimate of drug-likeness (QED) is 0.199. The highest BCUT2D eigenvalue weighted by atomic mass is 16.5. The van der Waals surface area contributed by atoms with Crippen LogP contribution in [-0.2, 0) is 19.1 Å². The molecule has 4 heteroatoms. The Morgan fingerprint density at radius 1 is 0.704 bits per heavy atom. The van der Waals surface area contributed by atoms with Crippen molar-refractivity contribution in [2.75, 3.05) is 13.2 Å². The molecule has 0 spiro atoms. The molecule has 1 aliphatic carbocycles. The third-order valence-corrected chi connectivity index (χ3v) is 5.32. The second-order valence-corrected chi connectivity index (χ2v) is 7.61. The summed E-state index contributed by atoms with van der Waals surface area (Å²) in [7, 11) is 0. The van der Waals surface area contributed by atoms with Crippen molar-refractivity contribution in [3.63, 3.8) is 0 Å². The SMILES string of the molecule is CCCCCCCCCCCCCOC(=O)C1CC=CCC1C(=O)OCC. The molecule has 27 heavy (non-hydrogen) atoms. The van der Waals surface area contributed by atoms with Crippen molar-refractivity contribution in [2.24, 2.45) is 11.8 Å². The van der Waals surface area contributed by atoms with Crippen LogP contribution >= 0.6 is 0 Å². The molecule has 2 unspecified atom stereocenters. The number of unbranched alkanes of at least 4 members (excludes halogenated alkanes) is 10.